The summed E-state index contributed by atoms with van der Waals surface area (Å²) in [5, 5.41) is 5.18. The van der Waals surface area contributed by atoms with Crippen molar-refractivity contribution in [2.75, 3.05) is 0 Å². The molecule has 198 valence electrons. The van der Waals surface area contributed by atoms with E-state index in [4.69, 9.17) is 0 Å². The van der Waals surface area contributed by atoms with Crippen LogP contribution in [0.2, 0.25) is 0 Å². The third-order valence-electron chi connectivity index (χ3n) is 8.53. The van der Waals surface area contributed by atoms with E-state index in [1.807, 2.05) is 0 Å². The fourth-order valence-electron chi connectivity index (χ4n) is 6.33. The first-order valence-electron chi connectivity index (χ1n) is 14.6. The maximum atomic E-state index is 2.46. The van der Waals surface area contributed by atoms with Crippen LogP contribution in [0, 0.1) is 0 Å². The van der Waals surface area contributed by atoms with Crippen molar-refractivity contribution in [3.05, 3.63) is 178 Å². The van der Waals surface area contributed by atoms with Gasteiger partial charge < -0.3 is 0 Å². The Hall–Kier alpha value is -4.68. The molecule has 0 aromatic heterocycles. The molecule has 7 rings (SSSR count). The molecule has 0 atom stereocenters. The van der Waals surface area contributed by atoms with E-state index in [9.17, 15) is 0 Å². The molecule has 0 unspecified atom stereocenters. The maximum Gasteiger partial charge on any atom is -0.000739 e. The Morgan fingerprint density at radius 2 is 1.12 bits per heavy atom. The molecular formula is C41H34. The van der Waals surface area contributed by atoms with Crippen molar-refractivity contribution in [2.45, 2.75) is 32.6 Å². The van der Waals surface area contributed by atoms with Gasteiger partial charge in [0.15, 0.2) is 0 Å². The van der Waals surface area contributed by atoms with Crippen LogP contribution in [0.4, 0.5) is 0 Å². The summed E-state index contributed by atoms with van der Waals surface area (Å²) in [5.41, 5.74) is 11.9. The molecule has 0 saturated carbocycles. The van der Waals surface area contributed by atoms with Crippen molar-refractivity contribution in [2.24, 2.45) is 0 Å². The van der Waals surface area contributed by atoms with Crippen molar-refractivity contribution in [3.63, 3.8) is 0 Å². The summed E-state index contributed by atoms with van der Waals surface area (Å²) in [4.78, 5) is 0. The van der Waals surface area contributed by atoms with Gasteiger partial charge in [-0.15, -0.1) is 0 Å². The molecule has 0 saturated heterocycles. The van der Waals surface area contributed by atoms with Crippen LogP contribution in [0.15, 0.2) is 140 Å². The Labute approximate surface area is 243 Å². The molecule has 0 bridgehead atoms. The first-order chi connectivity index (χ1) is 20.0. The molecule has 0 nitrogen and oxygen atoms in total. The second kappa shape index (κ2) is 10.1. The molecule has 0 N–H and O–H groups in total. The van der Waals surface area contributed by atoms with E-state index >= 15 is 0 Å². The van der Waals surface area contributed by atoms with Crippen LogP contribution in [0.5, 0.6) is 0 Å². The summed E-state index contributed by atoms with van der Waals surface area (Å²) >= 11 is 0. The zero-order chi connectivity index (χ0) is 28.0. The summed E-state index contributed by atoms with van der Waals surface area (Å²) in [7, 11) is 0. The molecular weight excluding hydrogens is 492 g/mol. The van der Waals surface area contributed by atoms with E-state index in [0.29, 0.717) is 0 Å². The maximum absolute atomic E-state index is 2.46. The van der Waals surface area contributed by atoms with Gasteiger partial charge in [-0.25, -0.2) is 0 Å². The van der Waals surface area contributed by atoms with Gasteiger partial charge in [0.2, 0.25) is 0 Å². The highest BCUT2D eigenvalue weighted by Crippen LogP contribution is 2.35. The van der Waals surface area contributed by atoms with Gasteiger partial charge in [0.05, 0.1) is 0 Å². The van der Waals surface area contributed by atoms with E-state index in [0.717, 1.165) is 6.42 Å². The molecule has 6 aromatic rings. The zero-order valence-corrected chi connectivity index (χ0v) is 24.0. The molecule has 0 aliphatic heterocycles. The highest BCUT2D eigenvalue weighted by atomic mass is 14.3. The van der Waals surface area contributed by atoms with E-state index in [2.05, 4.69) is 160 Å². The largest absolute Gasteiger partial charge is 0.0622 e. The lowest BCUT2D eigenvalue weighted by Gasteiger charge is -2.22. The number of rotatable bonds is 3. The van der Waals surface area contributed by atoms with Crippen molar-refractivity contribution < 1.29 is 0 Å². The topological polar surface area (TPSA) is 0 Å². The molecule has 0 amide bonds. The highest BCUT2D eigenvalue weighted by molar-refractivity contribution is 5.99. The van der Waals surface area contributed by atoms with Gasteiger partial charge in [-0.3, -0.25) is 0 Å². The van der Waals surface area contributed by atoms with Crippen molar-refractivity contribution in [3.8, 4) is 11.1 Å². The molecule has 6 aromatic carbocycles. The van der Waals surface area contributed by atoms with Crippen molar-refractivity contribution >= 4 is 21.9 Å². The van der Waals surface area contributed by atoms with Crippen LogP contribution in [-0.2, 0) is 11.8 Å². The van der Waals surface area contributed by atoms with E-state index < -0.39 is 0 Å². The number of hydrogen-bond acceptors (Lipinski definition) is 0. The summed E-state index contributed by atoms with van der Waals surface area (Å²) in [5.74, 6) is 0. The van der Waals surface area contributed by atoms with Crippen molar-refractivity contribution in [1.82, 2.24) is 0 Å². The monoisotopic (exact) mass is 526 g/mol. The fraction of sp³-hybridized carbons (Fsp3) is 0.122. The normalized spacial score (nSPS) is 13.0. The molecule has 0 heterocycles. The molecule has 1 aliphatic carbocycles. The zero-order valence-electron chi connectivity index (χ0n) is 24.0. The van der Waals surface area contributed by atoms with Gasteiger partial charge >= 0.3 is 0 Å². The summed E-state index contributed by atoms with van der Waals surface area (Å²) in [6, 6.07) is 51.5. The number of hydrogen-bond donors (Lipinski definition) is 0. The second-order valence-electron chi connectivity index (χ2n) is 12.2. The lowest BCUT2D eigenvalue weighted by Crippen LogP contribution is -2.29. The fourth-order valence-corrected chi connectivity index (χ4v) is 6.33. The lowest BCUT2D eigenvalue weighted by atomic mass is 9.82. The molecule has 41 heavy (non-hydrogen) atoms. The van der Waals surface area contributed by atoms with Gasteiger partial charge in [-0.1, -0.05) is 160 Å². The van der Waals surface area contributed by atoms with Gasteiger partial charge in [-0.2, -0.15) is 0 Å². The Balaban J connectivity index is 1.55. The van der Waals surface area contributed by atoms with Gasteiger partial charge in [0.25, 0.3) is 0 Å². The first-order valence-corrected chi connectivity index (χ1v) is 14.6. The Bertz CT molecular complexity index is 2010. The Morgan fingerprint density at radius 3 is 1.90 bits per heavy atom. The summed E-state index contributed by atoms with van der Waals surface area (Å²) in [6.45, 7) is 6.92. The first kappa shape index (κ1) is 25.3. The van der Waals surface area contributed by atoms with Crippen LogP contribution >= 0.6 is 0 Å². The van der Waals surface area contributed by atoms with Gasteiger partial charge in [0, 0.05) is 0 Å². The van der Waals surface area contributed by atoms with Crippen molar-refractivity contribution in [1.29, 1.82) is 0 Å². The summed E-state index contributed by atoms with van der Waals surface area (Å²) in [6.07, 6.45) is 0.884. The number of fused-ring (bicyclic) bond motifs is 3. The number of benzene rings is 6. The lowest BCUT2D eigenvalue weighted by molar-refractivity contribution is 0.589. The highest BCUT2D eigenvalue weighted by Gasteiger charge is 2.22. The molecule has 0 fully saturated rings. The smallest absolute Gasteiger partial charge is 0.000739 e. The van der Waals surface area contributed by atoms with Crippen LogP contribution < -0.4 is 10.4 Å². The average Bonchev–Trinajstić information content (AvgIpc) is 3.15. The van der Waals surface area contributed by atoms with Crippen LogP contribution in [-0.4, -0.2) is 0 Å². The van der Waals surface area contributed by atoms with Crippen LogP contribution in [0.1, 0.15) is 48.6 Å². The minimum Gasteiger partial charge on any atom is -0.0622 e. The van der Waals surface area contributed by atoms with Crippen LogP contribution in [0.25, 0.3) is 33.0 Å². The van der Waals surface area contributed by atoms with Gasteiger partial charge in [0.1, 0.15) is 0 Å². The van der Waals surface area contributed by atoms with Gasteiger partial charge in [-0.05, 0) is 83.1 Å². The minimum atomic E-state index is 0.0747. The SMILES string of the molecule is CC(C)(C)c1ccc2c(c1)CC(c1ccc(-c3ccccc3)cc1)=c1ccccc1=C2c1cccc2ccccc12. The Morgan fingerprint density at radius 1 is 0.488 bits per heavy atom. The Kier molecular flexibility index (Phi) is 6.20. The van der Waals surface area contributed by atoms with E-state index in [1.54, 1.807) is 0 Å². The standard InChI is InChI=1S/C41H34/c1-41(2,3)33-24-25-35-32(26-33)27-39(31-22-20-29(21-23-31)28-12-5-4-6-13-28)36-17-9-10-18-38(36)40(35)37-19-11-15-30-14-7-8-16-34(30)37/h4-26H,27H2,1-3H3. The minimum absolute atomic E-state index is 0.0747. The van der Waals surface area contributed by atoms with E-state index in [1.165, 1.54) is 71.3 Å². The third-order valence-corrected chi connectivity index (χ3v) is 8.53. The summed E-state index contributed by atoms with van der Waals surface area (Å²) < 4.78 is 0. The third kappa shape index (κ3) is 4.60. The average molecular weight is 527 g/mol. The van der Waals surface area contributed by atoms with Crippen LogP contribution in [0.3, 0.4) is 0 Å². The predicted octanol–water partition coefficient (Wildman–Crippen LogP) is 8.81. The predicted molar refractivity (Wildman–Crippen MR) is 174 cm³/mol. The molecule has 0 heteroatoms. The van der Waals surface area contributed by atoms with E-state index in [-0.39, 0.29) is 5.41 Å². The molecule has 0 spiro atoms. The molecule has 1 aliphatic rings. The molecule has 0 radical (unpaired) electrons. The quantitative estimate of drug-likeness (QED) is 0.216. The second-order valence-corrected chi connectivity index (χ2v) is 12.2.